The molecule has 0 heterocycles. The van der Waals surface area contributed by atoms with Crippen molar-refractivity contribution in [1.29, 1.82) is 0 Å². The minimum atomic E-state index is 0. The molecule has 0 aromatic heterocycles. The predicted molar refractivity (Wildman–Crippen MR) is 38.1 cm³/mol. The van der Waals surface area contributed by atoms with Gasteiger partial charge in [0.05, 0.1) is 8.41 Å². The van der Waals surface area contributed by atoms with E-state index in [0.717, 1.165) is 0 Å². The number of hydrogen-bond donors (Lipinski definition) is 0. The molecular formula is C2H9BOS2. The summed E-state index contributed by atoms with van der Waals surface area (Å²) in [5.41, 5.74) is 0. The highest BCUT2D eigenvalue weighted by atomic mass is 32.2. The molecule has 4 heteroatoms. The van der Waals surface area contributed by atoms with Crippen LogP contribution in [0.15, 0.2) is 0 Å². The molecule has 0 amide bonds. The Morgan fingerprint density at radius 2 is 1.50 bits per heavy atom. The largest absolute Gasteiger partial charge is 0.248 e. The lowest BCUT2D eigenvalue weighted by Gasteiger charge is -1.82. The fourth-order valence-corrected chi connectivity index (χ4v) is 0.612. The van der Waals surface area contributed by atoms with Crippen molar-refractivity contribution in [3.63, 3.8) is 0 Å². The van der Waals surface area contributed by atoms with Gasteiger partial charge in [0.25, 0.3) is 0 Å². The lowest BCUT2D eigenvalue weighted by molar-refractivity contribution is 0.769. The van der Waals surface area contributed by atoms with Gasteiger partial charge in [-0.15, -0.1) is 0 Å². The molecule has 38 valence electrons. The smallest absolute Gasteiger partial charge is 0.0814 e. The van der Waals surface area contributed by atoms with E-state index >= 15 is 0 Å². The molecule has 0 rings (SSSR count). The molecule has 0 aromatic rings. The molecule has 1 nitrogen and oxygen atoms in total. The van der Waals surface area contributed by atoms with Crippen LogP contribution in [0.5, 0.6) is 0 Å². The average molecular weight is 124 g/mol. The number of hydrogen-bond acceptors (Lipinski definition) is 3. The molecule has 0 aliphatic rings. The second-order valence-corrected chi connectivity index (χ2v) is 1.61. The van der Waals surface area contributed by atoms with Crippen LogP contribution >= 0.6 is 24.1 Å². The lowest BCUT2D eigenvalue weighted by Crippen LogP contribution is -1.51. The van der Waals surface area contributed by atoms with E-state index in [-0.39, 0.29) is 8.41 Å². The highest BCUT2D eigenvalue weighted by Crippen LogP contribution is 2.04. The van der Waals surface area contributed by atoms with Gasteiger partial charge in [-0.05, 0) is 0 Å². The van der Waals surface area contributed by atoms with E-state index in [1.165, 1.54) is 24.1 Å². The molecule has 0 spiro atoms. The van der Waals surface area contributed by atoms with E-state index in [2.05, 4.69) is 3.63 Å². The molecular weight excluding hydrogens is 115 g/mol. The quantitative estimate of drug-likeness (QED) is 0.389. The second-order valence-electron chi connectivity index (χ2n) is 0.401. The Bertz CT molecular complexity index is 19.0. The summed E-state index contributed by atoms with van der Waals surface area (Å²) < 4.78 is 4.67. The monoisotopic (exact) mass is 124 g/mol. The zero-order valence-electron chi connectivity index (χ0n) is 3.22. The molecule has 0 fully saturated rings. The second kappa shape index (κ2) is 9.21. The topological polar surface area (TPSA) is 9.23 Å². The fourth-order valence-electron chi connectivity index (χ4n) is 0.0680. The molecule has 0 unspecified atom stereocenters. The summed E-state index contributed by atoms with van der Waals surface area (Å²) in [5, 5.41) is 0. The van der Waals surface area contributed by atoms with Gasteiger partial charge in [0, 0.05) is 36.6 Å². The van der Waals surface area contributed by atoms with Gasteiger partial charge < -0.3 is 0 Å². The average Bonchev–Trinajstić information content (AvgIpc) is 1.41. The van der Waals surface area contributed by atoms with E-state index < -0.39 is 0 Å². The summed E-state index contributed by atoms with van der Waals surface area (Å²) in [7, 11) is 0. The van der Waals surface area contributed by atoms with Crippen LogP contribution < -0.4 is 0 Å². The van der Waals surface area contributed by atoms with E-state index in [1.54, 1.807) is 0 Å². The Balaban J connectivity index is 0. The molecule has 6 heavy (non-hydrogen) atoms. The molecule has 0 aromatic carbocycles. The van der Waals surface area contributed by atoms with Gasteiger partial charge in [0.15, 0.2) is 0 Å². The zero-order chi connectivity index (χ0) is 4.12. The summed E-state index contributed by atoms with van der Waals surface area (Å²) in [6, 6.07) is 0. The van der Waals surface area contributed by atoms with E-state index in [9.17, 15) is 0 Å². The SMILES string of the molecule is B.CSOSC. The molecule has 0 aliphatic heterocycles. The van der Waals surface area contributed by atoms with Crippen molar-refractivity contribution in [2.45, 2.75) is 0 Å². The molecule has 0 aliphatic carbocycles. The highest BCUT2D eigenvalue weighted by Gasteiger charge is 1.66. The Labute approximate surface area is 49.2 Å². The Morgan fingerprint density at radius 1 is 1.17 bits per heavy atom. The van der Waals surface area contributed by atoms with Crippen molar-refractivity contribution in [1.82, 2.24) is 0 Å². The third-order valence-corrected chi connectivity index (χ3v) is 1.22. The van der Waals surface area contributed by atoms with Gasteiger partial charge in [-0.1, -0.05) is 0 Å². The standard InChI is InChI=1S/C2H6OS2.BH3/c1-4-3-5-2;/h1-2H3;1H3. The van der Waals surface area contributed by atoms with Crippen molar-refractivity contribution in [3.8, 4) is 0 Å². The maximum atomic E-state index is 4.67. The molecule has 0 saturated heterocycles. The van der Waals surface area contributed by atoms with Crippen LogP contribution in [0, 0.1) is 0 Å². The van der Waals surface area contributed by atoms with Crippen LogP contribution in [0.4, 0.5) is 0 Å². The maximum Gasteiger partial charge on any atom is 0.0814 e. The van der Waals surface area contributed by atoms with E-state index in [4.69, 9.17) is 0 Å². The molecule has 0 radical (unpaired) electrons. The first-order valence-electron chi connectivity index (χ1n) is 1.15. The normalized spacial score (nSPS) is 7.00. The van der Waals surface area contributed by atoms with E-state index in [1.807, 2.05) is 12.5 Å². The number of rotatable bonds is 2. The van der Waals surface area contributed by atoms with Crippen molar-refractivity contribution in [2.75, 3.05) is 12.5 Å². The van der Waals surface area contributed by atoms with Crippen molar-refractivity contribution < 1.29 is 3.63 Å². The first-order chi connectivity index (χ1) is 2.41. The molecule has 0 N–H and O–H groups in total. The first kappa shape index (κ1) is 9.87. The Kier molecular flexibility index (Phi) is 15.2. The van der Waals surface area contributed by atoms with E-state index in [0.29, 0.717) is 0 Å². The molecule has 0 bridgehead atoms. The molecule has 0 atom stereocenters. The molecule has 0 saturated carbocycles. The van der Waals surface area contributed by atoms with Crippen LogP contribution in [-0.2, 0) is 3.63 Å². The fraction of sp³-hybridized carbons (Fsp3) is 1.00. The summed E-state index contributed by atoms with van der Waals surface area (Å²) in [6.07, 6.45) is 3.77. The minimum absolute atomic E-state index is 0. The van der Waals surface area contributed by atoms with Gasteiger partial charge in [-0.2, -0.15) is 0 Å². The first-order valence-corrected chi connectivity index (χ1v) is 3.45. The van der Waals surface area contributed by atoms with Crippen molar-refractivity contribution in [2.24, 2.45) is 0 Å². The summed E-state index contributed by atoms with van der Waals surface area (Å²) >= 11 is 2.73. The Hall–Kier alpha value is 0.725. The lowest BCUT2D eigenvalue weighted by atomic mass is 10.8. The van der Waals surface area contributed by atoms with Gasteiger partial charge in [-0.25, -0.2) is 3.63 Å². The minimum Gasteiger partial charge on any atom is -0.248 e. The maximum absolute atomic E-state index is 4.67. The van der Waals surface area contributed by atoms with Crippen LogP contribution in [0.1, 0.15) is 0 Å². The van der Waals surface area contributed by atoms with Gasteiger partial charge >= 0.3 is 0 Å². The summed E-state index contributed by atoms with van der Waals surface area (Å²) in [4.78, 5) is 0. The van der Waals surface area contributed by atoms with Crippen LogP contribution in [0.3, 0.4) is 0 Å². The zero-order valence-corrected chi connectivity index (χ0v) is 4.86. The predicted octanol–water partition coefficient (Wildman–Crippen LogP) is 0.375. The Morgan fingerprint density at radius 3 is 1.50 bits per heavy atom. The highest BCUT2D eigenvalue weighted by molar-refractivity contribution is 8.07. The van der Waals surface area contributed by atoms with Gasteiger partial charge in [0.1, 0.15) is 0 Å². The van der Waals surface area contributed by atoms with Crippen LogP contribution in [0.2, 0.25) is 0 Å². The van der Waals surface area contributed by atoms with Crippen molar-refractivity contribution in [3.05, 3.63) is 0 Å². The third-order valence-electron chi connectivity index (χ3n) is 0.136. The third kappa shape index (κ3) is 8.83. The summed E-state index contributed by atoms with van der Waals surface area (Å²) in [5.74, 6) is 0. The van der Waals surface area contributed by atoms with Crippen LogP contribution in [-0.4, -0.2) is 20.9 Å². The van der Waals surface area contributed by atoms with Gasteiger partial charge in [-0.3, -0.25) is 0 Å². The van der Waals surface area contributed by atoms with Crippen LogP contribution in [0.25, 0.3) is 0 Å². The van der Waals surface area contributed by atoms with Crippen molar-refractivity contribution >= 4 is 32.5 Å². The van der Waals surface area contributed by atoms with Gasteiger partial charge in [0.2, 0.25) is 0 Å². The summed E-state index contributed by atoms with van der Waals surface area (Å²) in [6.45, 7) is 0.